The first kappa shape index (κ1) is 18.8. The average molecular weight is 403 g/mol. The smallest absolute Gasteiger partial charge is 0.343 e. The Bertz CT molecular complexity index is 1180. The third-order valence-electron chi connectivity index (χ3n) is 4.35. The molecule has 2 heterocycles. The van der Waals surface area contributed by atoms with E-state index in [9.17, 15) is 10.1 Å². The van der Waals surface area contributed by atoms with Crippen LogP contribution in [0, 0.1) is 17.0 Å². The molecular formula is C21H17N5O2S. The number of pyridine rings is 1. The maximum Gasteiger partial charge on any atom is 0.343 e. The number of benzene rings is 2. The molecule has 0 unspecified atom stereocenters. The van der Waals surface area contributed by atoms with E-state index < -0.39 is 4.92 Å². The van der Waals surface area contributed by atoms with Crippen molar-refractivity contribution in [2.24, 2.45) is 0 Å². The number of aromatic nitrogens is 3. The zero-order valence-electron chi connectivity index (χ0n) is 15.6. The van der Waals surface area contributed by atoms with E-state index in [4.69, 9.17) is 0 Å². The molecule has 0 aliphatic heterocycles. The van der Waals surface area contributed by atoms with E-state index >= 15 is 0 Å². The van der Waals surface area contributed by atoms with Crippen LogP contribution in [0.3, 0.4) is 0 Å². The molecule has 0 atom stereocenters. The molecule has 0 bridgehead atoms. The summed E-state index contributed by atoms with van der Waals surface area (Å²) < 4.78 is 0. The van der Waals surface area contributed by atoms with Gasteiger partial charge in [-0.05, 0) is 24.6 Å². The van der Waals surface area contributed by atoms with E-state index in [1.54, 1.807) is 6.20 Å². The molecule has 4 rings (SSSR count). The van der Waals surface area contributed by atoms with Crippen LogP contribution in [0.5, 0.6) is 0 Å². The summed E-state index contributed by atoms with van der Waals surface area (Å²) in [5.74, 6) is 0.196. The molecule has 1 N–H and O–H groups in total. The highest BCUT2D eigenvalue weighted by atomic mass is 32.2. The Labute approximate surface area is 171 Å². The predicted octanol–water partition coefficient (Wildman–Crippen LogP) is 5.00. The molecule has 2 aromatic carbocycles. The molecule has 0 aliphatic rings. The van der Waals surface area contributed by atoms with Gasteiger partial charge in [0.1, 0.15) is 6.33 Å². The van der Waals surface area contributed by atoms with Crippen LogP contribution in [0.4, 0.5) is 11.5 Å². The first-order valence-electron chi connectivity index (χ1n) is 8.92. The number of hydrogen-bond donors (Lipinski definition) is 1. The lowest BCUT2D eigenvalue weighted by atomic mass is 10.1. The minimum atomic E-state index is -0.446. The van der Waals surface area contributed by atoms with Gasteiger partial charge in [-0.3, -0.25) is 15.1 Å². The number of nitrogens with one attached hydrogen (secondary N) is 1. The normalized spacial score (nSPS) is 10.8. The summed E-state index contributed by atoms with van der Waals surface area (Å²) in [5, 5.41) is 16.1. The highest BCUT2D eigenvalue weighted by molar-refractivity contribution is 7.99. The van der Waals surface area contributed by atoms with Crippen molar-refractivity contribution in [2.45, 2.75) is 23.4 Å². The third-order valence-corrected chi connectivity index (χ3v) is 5.40. The number of nitrogens with zero attached hydrogens (tertiary/aromatic N) is 4. The predicted molar refractivity (Wildman–Crippen MR) is 113 cm³/mol. The second-order valence-electron chi connectivity index (χ2n) is 6.41. The Balaban J connectivity index is 1.66. The quantitative estimate of drug-likeness (QED) is 0.275. The van der Waals surface area contributed by atoms with Gasteiger partial charge in [-0.25, -0.2) is 9.97 Å². The van der Waals surface area contributed by atoms with Crippen molar-refractivity contribution in [1.82, 2.24) is 15.0 Å². The van der Waals surface area contributed by atoms with Gasteiger partial charge in [-0.2, -0.15) is 0 Å². The summed E-state index contributed by atoms with van der Waals surface area (Å²) >= 11 is 1.21. The number of anilines is 1. The molecule has 0 spiro atoms. The molecule has 144 valence electrons. The zero-order chi connectivity index (χ0) is 20.2. The molecule has 0 fully saturated rings. The molecule has 4 aromatic rings. The van der Waals surface area contributed by atoms with E-state index in [2.05, 4.69) is 20.3 Å². The standard InChI is InChI=1S/C21H17N5O2S/c1-14-7-9-15(10-8-14)12-23-20-19(26(27)28)21(25-13-24-20)29-17-6-2-4-16-5-3-11-22-18(16)17/h2-11,13H,12H2,1H3,(H,23,24,25). The van der Waals surface area contributed by atoms with Gasteiger partial charge in [-0.1, -0.05) is 59.8 Å². The minimum absolute atomic E-state index is 0.141. The maximum absolute atomic E-state index is 11.8. The fourth-order valence-electron chi connectivity index (χ4n) is 2.89. The van der Waals surface area contributed by atoms with Gasteiger partial charge >= 0.3 is 5.69 Å². The lowest BCUT2D eigenvalue weighted by Crippen LogP contribution is -2.06. The first-order valence-corrected chi connectivity index (χ1v) is 9.74. The molecule has 2 aromatic heterocycles. The summed E-state index contributed by atoms with van der Waals surface area (Å²) in [7, 11) is 0. The van der Waals surface area contributed by atoms with Crippen molar-refractivity contribution in [2.75, 3.05) is 5.32 Å². The van der Waals surface area contributed by atoms with Crippen molar-refractivity contribution in [3.8, 4) is 0 Å². The van der Waals surface area contributed by atoms with Gasteiger partial charge in [0.25, 0.3) is 0 Å². The highest BCUT2D eigenvalue weighted by Gasteiger charge is 2.24. The second-order valence-corrected chi connectivity index (χ2v) is 7.44. The van der Waals surface area contributed by atoms with Crippen LogP contribution in [0.2, 0.25) is 0 Å². The summed E-state index contributed by atoms with van der Waals surface area (Å²) in [5.41, 5.74) is 2.81. The van der Waals surface area contributed by atoms with Crippen molar-refractivity contribution in [3.05, 3.63) is 88.4 Å². The number of nitro groups is 1. The zero-order valence-corrected chi connectivity index (χ0v) is 16.4. The Kier molecular flexibility index (Phi) is 5.35. The number of hydrogen-bond acceptors (Lipinski definition) is 7. The van der Waals surface area contributed by atoms with Crippen molar-refractivity contribution >= 4 is 34.2 Å². The van der Waals surface area contributed by atoms with Gasteiger partial charge in [0.05, 0.1) is 10.4 Å². The maximum atomic E-state index is 11.8. The monoisotopic (exact) mass is 403 g/mol. The van der Waals surface area contributed by atoms with Crippen LogP contribution in [-0.4, -0.2) is 19.9 Å². The van der Waals surface area contributed by atoms with Crippen molar-refractivity contribution < 1.29 is 4.92 Å². The van der Waals surface area contributed by atoms with Crippen molar-refractivity contribution in [1.29, 1.82) is 0 Å². The molecule has 0 radical (unpaired) electrons. The molecule has 29 heavy (non-hydrogen) atoms. The summed E-state index contributed by atoms with van der Waals surface area (Å²) in [6.45, 7) is 2.44. The van der Waals surface area contributed by atoms with Gasteiger partial charge in [0.15, 0.2) is 5.03 Å². The number of aryl methyl sites for hydroxylation is 1. The van der Waals surface area contributed by atoms with Gasteiger partial charge in [0.2, 0.25) is 5.82 Å². The Morgan fingerprint density at radius 2 is 1.83 bits per heavy atom. The molecule has 7 nitrogen and oxygen atoms in total. The van der Waals surface area contributed by atoms with Crippen LogP contribution in [0.1, 0.15) is 11.1 Å². The molecule has 0 saturated heterocycles. The van der Waals surface area contributed by atoms with E-state index in [0.717, 1.165) is 26.9 Å². The lowest BCUT2D eigenvalue weighted by molar-refractivity contribution is -0.387. The Hall–Kier alpha value is -3.52. The minimum Gasteiger partial charge on any atom is -0.360 e. The van der Waals surface area contributed by atoms with E-state index in [0.29, 0.717) is 6.54 Å². The van der Waals surface area contributed by atoms with Crippen LogP contribution < -0.4 is 5.32 Å². The third kappa shape index (κ3) is 4.17. The van der Waals surface area contributed by atoms with Gasteiger partial charge in [-0.15, -0.1) is 0 Å². The average Bonchev–Trinajstić information content (AvgIpc) is 2.73. The van der Waals surface area contributed by atoms with Gasteiger partial charge < -0.3 is 5.32 Å². The lowest BCUT2D eigenvalue weighted by Gasteiger charge is -2.09. The van der Waals surface area contributed by atoms with Gasteiger partial charge in [0, 0.05) is 23.0 Å². The fraction of sp³-hybridized carbons (Fsp3) is 0.0952. The summed E-state index contributed by atoms with van der Waals surface area (Å²) in [4.78, 5) is 24.8. The molecular weight excluding hydrogens is 386 g/mol. The van der Waals surface area contributed by atoms with Crippen LogP contribution in [-0.2, 0) is 6.54 Å². The first-order chi connectivity index (χ1) is 14.1. The molecule has 0 aliphatic carbocycles. The number of rotatable bonds is 6. The number of para-hydroxylation sites is 1. The van der Waals surface area contributed by atoms with E-state index in [1.165, 1.54) is 18.1 Å². The summed E-state index contributed by atoms with van der Waals surface area (Å²) in [6.07, 6.45) is 3.04. The Morgan fingerprint density at radius 3 is 2.62 bits per heavy atom. The Morgan fingerprint density at radius 1 is 1.03 bits per heavy atom. The van der Waals surface area contributed by atoms with Crippen LogP contribution in [0.15, 0.2) is 77.0 Å². The summed E-state index contributed by atoms with van der Waals surface area (Å²) in [6, 6.07) is 17.5. The fourth-order valence-corrected chi connectivity index (χ4v) is 3.88. The van der Waals surface area contributed by atoms with Crippen LogP contribution in [0.25, 0.3) is 10.9 Å². The molecule has 0 saturated carbocycles. The van der Waals surface area contributed by atoms with E-state index in [-0.39, 0.29) is 16.5 Å². The van der Waals surface area contributed by atoms with Crippen molar-refractivity contribution in [3.63, 3.8) is 0 Å². The topological polar surface area (TPSA) is 93.8 Å². The van der Waals surface area contributed by atoms with E-state index in [1.807, 2.05) is 61.5 Å². The largest absolute Gasteiger partial charge is 0.360 e. The SMILES string of the molecule is Cc1ccc(CNc2ncnc(Sc3cccc4cccnc34)c2[N+](=O)[O-])cc1. The molecule has 8 heteroatoms. The number of fused-ring (bicyclic) bond motifs is 1. The second kappa shape index (κ2) is 8.24. The highest BCUT2D eigenvalue weighted by Crippen LogP contribution is 2.38. The molecule has 0 amide bonds. The van der Waals surface area contributed by atoms with Crippen LogP contribution >= 0.6 is 11.8 Å².